The summed E-state index contributed by atoms with van der Waals surface area (Å²) in [6.45, 7) is 0. The van der Waals surface area contributed by atoms with Crippen LogP contribution in [0.5, 0.6) is 0 Å². The van der Waals surface area contributed by atoms with Crippen LogP contribution in [0.1, 0.15) is 0 Å². The third-order valence-electron chi connectivity index (χ3n) is 2.01. The largest absolute Gasteiger partial charge is 0.337 e. The maximum absolute atomic E-state index is 12.0. The van der Waals surface area contributed by atoms with Gasteiger partial charge in [-0.3, -0.25) is 4.57 Å². The van der Waals surface area contributed by atoms with Crippen LogP contribution in [0, 0.1) is 0 Å². The molecular formula is C11H9O2P. The van der Waals surface area contributed by atoms with E-state index in [1.54, 1.807) is 42.5 Å². The molecule has 0 saturated heterocycles. The van der Waals surface area contributed by atoms with Crippen molar-refractivity contribution in [3.8, 4) is 0 Å². The number of rotatable bonds is 2. The number of allylic oxidation sites excluding steroid dienone is 3. The van der Waals surface area contributed by atoms with Crippen LogP contribution >= 0.6 is 7.37 Å². The second kappa shape index (κ2) is 3.43. The third kappa shape index (κ3) is 1.51. The molecule has 14 heavy (non-hydrogen) atoms. The Kier molecular flexibility index (Phi) is 2.26. The molecule has 70 valence electrons. The number of hydrogen-bond acceptors (Lipinski definition) is 1. The zero-order valence-electron chi connectivity index (χ0n) is 7.42. The van der Waals surface area contributed by atoms with Gasteiger partial charge in [0, 0.05) is 5.30 Å². The molecule has 0 radical (unpaired) electrons. The van der Waals surface area contributed by atoms with Crippen molar-refractivity contribution in [2.45, 2.75) is 0 Å². The van der Waals surface area contributed by atoms with Crippen molar-refractivity contribution in [3.05, 3.63) is 59.6 Å². The minimum absolute atomic E-state index is 0.365. The summed E-state index contributed by atoms with van der Waals surface area (Å²) >= 11 is 0. The van der Waals surface area contributed by atoms with Gasteiger partial charge < -0.3 is 4.89 Å². The first-order chi connectivity index (χ1) is 6.71. The highest BCUT2D eigenvalue weighted by Crippen LogP contribution is 2.49. The Bertz CT molecular complexity index is 479. The van der Waals surface area contributed by atoms with Crippen LogP contribution in [0.25, 0.3) is 0 Å². The van der Waals surface area contributed by atoms with Crippen molar-refractivity contribution in [2.75, 3.05) is 0 Å². The lowest BCUT2D eigenvalue weighted by Crippen LogP contribution is -2.03. The van der Waals surface area contributed by atoms with Gasteiger partial charge in [-0.2, -0.15) is 0 Å². The van der Waals surface area contributed by atoms with E-state index in [0.29, 0.717) is 10.6 Å². The molecule has 0 spiro atoms. The van der Waals surface area contributed by atoms with Crippen molar-refractivity contribution in [1.29, 1.82) is 0 Å². The minimum atomic E-state index is -3.41. The van der Waals surface area contributed by atoms with Crippen molar-refractivity contribution in [2.24, 2.45) is 0 Å². The molecule has 0 saturated carbocycles. The molecule has 0 heterocycles. The summed E-state index contributed by atoms with van der Waals surface area (Å²) in [5, 5.41) is 0.811. The fourth-order valence-electron chi connectivity index (χ4n) is 1.28. The van der Waals surface area contributed by atoms with Crippen molar-refractivity contribution >= 4 is 12.7 Å². The maximum Gasteiger partial charge on any atom is 0.266 e. The first-order valence-corrected chi connectivity index (χ1v) is 5.89. The SMILES string of the molecule is O=P(O)(C1=C=CC=C1)c1ccccc1. The fourth-order valence-corrected chi connectivity index (χ4v) is 2.67. The lowest BCUT2D eigenvalue weighted by atomic mass is 10.4. The van der Waals surface area contributed by atoms with E-state index < -0.39 is 7.37 Å². The highest BCUT2D eigenvalue weighted by Gasteiger charge is 2.25. The Morgan fingerprint density at radius 3 is 2.50 bits per heavy atom. The Balaban J connectivity index is 2.49. The molecule has 3 heteroatoms. The minimum Gasteiger partial charge on any atom is -0.337 e. The summed E-state index contributed by atoms with van der Waals surface area (Å²) in [4.78, 5) is 9.87. The second-order valence-corrected chi connectivity index (χ2v) is 5.12. The van der Waals surface area contributed by atoms with Gasteiger partial charge in [0.15, 0.2) is 0 Å². The summed E-state index contributed by atoms with van der Waals surface area (Å²) in [5.41, 5.74) is 2.76. The molecule has 2 rings (SSSR count). The van der Waals surface area contributed by atoms with Crippen LogP contribution in [0.2, 0.25) is 0 Å². The van der Waals surface area contributed by atoms with Crippen LogP contribution in [0.15, 0.2) is 59.6 Å². The van der Waals surface area contributed by atoms with E-state index in [9.17, 15) is 9.46 Å². The molecule has 0 fully saturated rings. The number of hydrogen-bond donors (Lipinski definition) is 1. The summed E-state index contributed by atoms with van der Waals surface area (Å²) in [6, 6.07) is 8.63. The Labute approximate surface area is 82.4 Å². The Morgan fingerprint density at radius 2 is 1.93 bits per heavy atom. The zero-order valence-corrected chi connectivity index (χ0v) is 8.32. The van der Waals surface area contributed by atoms with Crippen LogP contribution in [-0.4, -0.2) is 4.89 Å². The smallest absolute Gasteiger partial charge is 0.266 e. The second-order valence-electron chi connectivity index (χ2n) is 2.97. The van der Waals surface area contributed by atoms with E-state index in [2.05, 4.69) is 5.73 Å². The fraction of sp³-hybridized carbons (Fsp3) is 0. The van der Waals surface area contributed by atoms with Crippen LogP contribution in [-0.2, 0) is 4.57 Å². The average molecular weight is 204 g/mol. The molecule has 1 aliphatic carbocycles. The molecule has 1 aromatic carbocycles. The molecular weight excluding hydrogens is 195 g/mol. The Hall–Kier alpha value is -1.33. The summed E-state index contributed by atoms with van der Waals surface area (Å²) < 4.78 is 12.0. The van der Waals surface area contributed by atoms with Gasteiger partial charge in [0.1, 0.15) is 0 Å². The van der Waals surface area contributed by atoms with Gasteiger partial charge in [-0.15, -0.1) is 5.73 Å². The third-order valence-corrected chi connectivity index (χ3v) is 3.94. The highest BCUT2D eigenvalue weighted by molar-refractivity contribution is 7.70. The topological polar surface area (TPSA) is 37.3 Å². The normalized spacial score (nSPS) is 17.9. The maximum atomic E-state index is 12.0. The molecule has 1 unspecified atom stereocenters. The van der Waals surface area contributed by atoms with E-state index in [4.69, 9.17) is 0 Å². The molecule has 0 aromatic heterocycles. The molecule has 0 aliphatic heterocycles. The Morgan fingerprint density at radius 1 is 1.21 bits per heavy atom. The monoisotopic (exact) mass is 204 g/mol. The lowest BCUT2D eigenvalue weighted by Gasteiger charge is -2.09. The van der Waals surface area contributed by atoms with Crippen LogP contribution < -0.4 is 5.30 Å². The predicted molar refractivity (Wildman–Crippen MR) is 56.6 cm³/mol. The quantitative estimate of drug-likeness (QED) is 0.592. The molecule has 1 aromatic rings. The lowest BCUT2D eigenvalue weighted by molar-refractivity contribution is 0.498. The van der Waals surface area contributed by atoms with Gasteiger partial charge in [-0.25, -0.2) is 0 Å². The molecule has 1 atom stereocenters. The first kappa shape index (κ1) is 9.23. The van der Waals surface area contributed by atoms with Crippen LogP contribution in [0.4, 0.5) is 0 Å². The zero-order chi connectivity index (χ0) is 10.0. The van der Waals surface area contributed by atoms with Gasteiger partial charge in [-0.1, -0.05) is 24.3 Å². The summed E-state index contributed by atoms with van der Waals surface area (Å²) in [7, 11) is -3.41. The van der Waals surface area contributed by atoms with Gasteiger partial charge in [-0.05, 0) is 24.3 Å². The highest BCUT2D eigenvalue weighted by atomic mass is 31.2. The number of benzene rings is 1. The molecule has 1 N–H and O–H groups in total. The van der Waals surface area contributed by atoms with Gasteiger partial charge in [0.05, 0.1) is 5.31 Å². The van der Waals surface area contributed by atoms with Gasteiger partial charge in [0.2, 0.25) is 0 Å². The molecule has 0 bridgehead atoms. The van der Waals surface area contributed by atoms with Gasteiger partial charge in [0.25, 0.3) is 7.37 Å². The van der Waals surface area contributed by atoms with Crippen LogP contribution in [0.3, 0.4) is 0 Å². The average Bonchev–Trinajstić information content (AvgIpc) is 2.72. The molecule has 0 amide bonds. The summed E-state index contributed by atoms with van der Waals surface area (Å²) in [6.07, 6.45) is 4.97. The standard InChI is InChI=1S/C11H9O2P/c12-14(13,11-8-4-5-9-11)10-6-2-1-3-7-10/h1-8H,(H,12,13). The van der Waals surface area contributed by atoms with Gasteiger partial charge >= 0.3 is 0 Å². The van der Waals surface area contributed by atoms with Crippen molar-refractivity contribution in [3.63, 3.8) is 0 Å². The molecule has 2 nitrogen and oxygen atoms in total. The predicted octanol–water partition coefficient (Wildman–Crippen LogP) is 2.19. The summed E-state index contributed by atoms with van der Waals surface area (Å²) in [5.74, 6) is 0. The van der Waals surface area contributed by atoms with E-state index in [-0.39, 0.29) is 0 Å². The van der Waals surface area contributed by atoms with Crippen molar-refractivity contribution in [1.82, 2.24) is 0 Å². The first-order valence-electron chi connectivity index (χ1n) is 4.23. The van der Waals surface area contributed by atoms with E-state index >= 15 is 0 Å². The van der Waals surface area contributed by atoms with Crippen molar-refractivity contribution < 1.29 is 9.46 Å². The molecule has 1 aliphatic rings. The van der Waals surface area contributed by atoms with E-state index in [0.717, 1.165) is 0 Å². The van der Waals surface area contributed by atoms with E-state index in [1.807, 2.05) is 6.07 Å². The van der Waals surface area contributed by atoms with E-state index in [1.165, 1.54) is 0 Å².